The van der Waals surface area contributed by atoms with Crippen LogP contribution in [-0.2, 0) is 6.18 Å². The normalized spacial score (nSPS) is 14.8. The van der Waals surface area contributed by atoms with Crippen molar-refractivity contribution in [2.45, 2.75) is 25.9 Å². The van der Waals surface area contributed by atoms with Gasteiger partial charge in [0.25, 0.3) is 0 Å². The Balaban J connectivity index is 0.00000225. The highest BCUT2D eigenvalue weighted by Crippen LogP contribution is 2.30. The predicted octanol–water partition coefficient (Wildman–Crippen LogP) is 5.60. The maximum atomic E-state index is 12.8. The topological polar surface area (TPSA) is 16.1 Å². The summed E-state index contributed by atoms with van der Waals surface area (Å²) in [6.45, 7) is 4.02. The molecular formula is C19H20ClF3N2. The largest absolute Gasteiger partial charge is 0.416 e. The van der Waals surface area contributed by atoms with E-state index in [2.05, 4.69) is 9.88 Å². The molecule has 1 saturated heterocycles. The zero-order valence-electron chi connectivity index (χ0n) is 13.9. The molecule has 0 amide bonds. The minimum absolute atomic E-state index is 0. The second-order valence-corrected chi connectivity index (χ2v) is 6.04. The number of hydrogen-bond donors (Lipinski definition) is 0. The number of alkyl halides is 3. The quantitative estimate of drug-likeness (QED) is 0.700. The van der Waals surface area contributed by atoms with Gasteiger partial charge in [-0.15, -0.1) is 12.4 Å². The maximum Gasteiger partial charge on any atom is 0.416 e. The Kier molecular flexibility index (Phi) is 6.11. The van der Waals surface area contributed by atoms with Gasteiger partial charge < -0.3 is 4.90 Å². The van der Waals surface area contributed by atoms with Gasteiger partial charge in [-0.3, -0.25) is 4.98 Å². The van der Waals surface area contributed by atoms with E-state index in [0.717, 1.165) is 42.3 Å². The second kappa shape index (κ2) is 7.91. The van der Waals surface area contributed by atoms with Crippen molar-refractivity contribution in [3.63, 3.8) is 0 Å². The third-order valence-corrected chi connectivity index (χ3v) is 4.09. The monoisotopic (exact) mass is 368 g/mol. The van der Waals surface area contributed by atoms with Crippen LogP contribution in [0.5, 0.6) is 0 Å². The summed E-state index contributed by atoms with van der Waals surface area (Å²) >= 11 is 0. The molecule has 0 atom stereocenters. The number of aryl methyl sites for hydroxylation is 1. The van der Waals surface area contributed by atoms with Crippen LogP contribution in [0.15, 0.2) is 36.4 Å². The minimum Gasteiger partial charge on any atom is -0.371 e. The first-order valence-corrected chi connectivity index (χ1v) is 8.01. The highest BCUT2D eigenvalue weighted by Gasteiger charge is 2.30. The molecule has 0 unspecified atom stereocenters. The molecule has 6 heteroatoms. The number of aromatic nitrogens is 1. The Labute approximate surface area is 151 Å². The van der Waals surface area contributed by atoms with Crippen molar-refractivity contribution >= 4 is 30.2 Å². The lowest BCUT2D eigenvalue weighted by Crippen LogP contribution is -2.17. The first-order chi connectivity index (χ1) is 11.4. The fourth-order valence-electron chi connectivity index (χ4n) is 2.92. The maximum absolute atomic E-state index is 12.8. The summed E-state index contributed by atoms with van der Waals surface area (Å²) in [6.07, 6.45) is 1.49. The molecule has 25 heavy (non-hydrogen) atoms. The van der Waals surface area contributed by atoms with Crippen LogP contribution in [0.2, 0.25) is 0 Å². The van der Waals surface area contributed by atoms with Crippen LogP contribution >= 0.6 is 12.4 Å². The van der Waals surface area contributed by atoms with Crippen LogP contribution < -0.4 is 4.90 Å². The minimum atomic E-state index is -4.33. The first-order valence-electron chi connectivity index (χ1n) is 8.01. The van der Waals surface area contributed by atoms with Crippen LogP contribution in [-0.4, -0.2) is 18.1 Å². The molecule has 0 N–H and O–H groups in total. The summed E-state index contributed by atoms with van der Waals surface area (Å²) in [5.41, 5.74) is 2.66. The zero-order valence-corrected chi connectivity index (χ0v) is 14.7. The van der Waals surface area contributed by atoms with E-state index >= 15 is 0 Å². The molecule has 0 radical (unpaired) electrons. The van der Waals surface area contributed by atoms with E-state index in [0.29, 0.717) is 5.56 Å². The van der Waals surface area contributed by atoms with Gasteiger partial charge in [0.05, 0.1) is 11.3 Å². The van der Waals surface area contributed by atoms with Gasteiger partial charge in [0, 0.05) is 24.5 Å². The molecule has 1 aliphatic rings. The third kappa shape index (κ3) is 4.98. The van der Waals surface area contributed by atoms with Gasteiger partial charge in [-0.25, -0.2) is 0 Å². The van der Waals surface area contributed by atoms with E-state index in [4.69, 9.17) is 0 Å². The Morgan fingerprint density at radius 1 is 1.04 bits per heavy atom. The highest BCUT2D eigenvalue weighted by molar-refractivity contribution is 5.85. The Hall–Kier alpha value is -2.01. The molecule has 134 valence electrons. The van der Waals surface area contributed by atoms with Gasteiger partial charge in [-0.2, -0.15) is 13.2 Å². The average Bonchev–Trinajstić information content (AvgIpc) is 3.06. The smallest absolute Gasteiger partial charge is 0.371 e. The van der Waals surface area contributed by atoms with Crippen molar-refractivity contribution in [2.24, 2.45) is 0 Å². The molecule has 1 fully saturated rings. The van der Waals surface area contributed by atoms with Crippen LogP contribution in [0.1, 0.15) is 35.4 Å². The van der Waals surface area contributed by atoms with Gasteiger partial charge in [0.15, 0.2) is 0 Å². The molecule has 2 nitrogen and oxygen atoms in total. The van der Waals surface area contributed by atoms with Gasteiger partial charge in [-0.1, -0.05) is 18.2 Å². The number of pyridine rings is 1. The van der Waals surface area contributed by atoms with E-state index < -0.39 is 11.7 Å². The van der Waals surface area contributed by atoms with Gasteiger partial charge >= 0.3 is 6.18 Å². The molecule has 3 rings (SSSR count). The summed E-state index contributed by atoms with van der Waals surface area (Å²) in [7, 11) is 0. The van der Waals surface area contributed by atoms with E-state index in [-0.39, 0.29) is 12.4 Å². The molecule has 0 aliphatic carbocycles. The molecule has 0 bridgehead atoms. The number of nitrogens with zero attached hydrogens (tertiary/aromatic N) is 2. The number of halogens is 4. The summed E-state index contributed by atoms with van der Waals surface area (Å²) in [4.78, 5) is 6.77. The number of rotatable bonds is 3. The predicted molar refractivity (Wildman–Crippen MR) is 98.0 cm³/mol. The van der Waals surface area contributed by atoms with E-state index in [1.54, 1.807) is 18.2 Å². The van der Waals surface area contributed by atoms with E-state index in [9.17, 15) is 13.2 Å². The molecular weight excluding hydrogens is 349 g/mol. The molecule has 2 aromatic rings. The Bertz CT molecular complexity index is 751. The average molecular weight is 369 g/mol. The molecule has 1 aromatic carbocycles. The van der Waals surface area contributed by atoms with Crippen LogP contribution in [0.25, 0.3) is 12.2 Å². The van der Waals surface area contributed by atoms with Crippen LogP contribution in [0.3, 0.4) is 0 Å². The number of hydrogen-bond acceptors (Lipinski definition) is 2. The standard InChI is InChI=1S/C19H19F3N2.ClH/c1-14-11-18(24-9-2-3-10-24)13-17(23-14)8-7-15-5-4-6-16(12-15)19(20,21)22;/h4-8,11-13H,2-3,9-10H2,1H3;1H/b8-7+;. The number of benzene rings is 1. The Morgan fingerprint density at radius 2 is 1.76 bits per heavy atom. The molecule has 0 spiro atoms. The van der Waals surface area contributed by atoms with Crippen LogP contribution in [0, 0.1) is 6.92 Å². The van der Waals surface area contributed by atoms with E-state index in [1.807, 2.05) is 19.1 Å². The van der Waals surface area contributed by atoms with Crippen molar-refractivity contribution < 1.29 is 13.2 Å². The van der Waals surface area contributed by atoms with Gasteiger partial charge in [0.2, 0.25) is 0 Å². The number of anilines is 1. The van der Waals surface area contributed by atoms with Crippen molar-refractivity contribution in [3.05, 3.63) is 58.9 Å². The summed E-state index contributed by atoms with van der Waals surface area (Å²) in [5, 5.41) is 0. The molecule has 1 aromatic heterocycles. The lowest BCUT2D eigenvalue weighted by Gasteiger charge is -2.18. The summed E-state index contributed by atoms with van der Waals surface area (Å²) in [5.74, 6) is 0. The first kappa shape index (κ1) is 19.3. The SMILES string of the molecule is Cc1cc(N2CCCC2)cc(/C=C/c2cccc(C(F)(F)F)c2)n1.Cl. The highest BCUT2D eigenvalue weighted by atomic mass is 35.5. The van der Waals surface area contributed by atoms with E-state index in [1.165, 1.54) is 18.9 Å². The lowest BCUT2D eigenvalue weighted by atomic mass is 10.1. The fraction of sp³-hybridized carbons (Fsp3) is 0.316. The summed E-state index contributed by atoms with van der Waals surface area (Å²) < 4.78 is 38.3. The van der Waals surface area contributed by atoms with Gasteiger partial charge in [-0.05, 0) is 55.7 Å². The molecule has 2 heterocycles. The zero-order chi connectivity index (χ0) is 17.2. The van der Waals surface area contributed by atoms with Crippen molar-refractivity contribution in [1.29, 1.82) is 0 Å². The summed E-state index contributed by atoms with van der Waals surface area (Å²) in [6, 6.07) is 9.33. The lowest BCUT2D eigenvalue weighted by molar-refractivity contribution is -0.137. The van der Waals surface area contributed by atoms with Crippen molar-refractivity contribution in [2.75, 3.05) is 18.0 Å². The molecule has 1 aliphatic heterocycles. The Morgan fingerprint density at radius 3 is 2.44 bits per heavy atom. The fourth-order valence-corrected chi connectivity index (χ4v) is 2.92. The van der Waals surface area contributed by atoms with Crippen molar-refractivity contribution in [3.8, 4) is 0 Å². The third-order valence-electron chi connectivity index (χ3n) is 4.09. The van der Waals surface area contributed by atoms with Crippen LogP contribution in [0.4, 0.5) is 18.9 Å². The van der Waals surface area contributed by atoms with Gasteiger partial charge in [0.1, 0.15) is 0 Å². The second-order valence-electron chi connectivity index (χ2n) is 6.04. The molecule has 0 saturated carbocycles. The van der Waals surface area contributed by atoms with Crippen molar-refractivity contribution in [1.82, 2.24) is 4.98 Å².